The van der Waals surface area contributed by atoms with E-state index in [2.05, 4.69) is 30.9 Å². The fourth-order valence-corrected chi connectivity index (χ4v) is 3.31. The van der Waals surface area contributed by atoms with Crippen molar-refractivity contribution in [2.75, 3.05) is 19.3 Å². The molecule has 0 unspecified atom stereocenters. The molecule has 0 fully saturated rings. The molecule has 0 bridgehead atoms. The average molecular weight is 353 g/mol. The molecule has 18 heavy (non-hydrogen) atoms. The summed E-state index contributed by atoms with van der Waals surface area (Å²) in [6, 6.07) is 0. The highest BCUT2D eigenvalue weighted by atomic mass is 79.9. The first-order chi connectivity index (χ1) is 8.63. The number of nitrogens with zero attached hydrogens (tertiary/aromatic N) is 2. The summed E-state index contributed by atoms with van der Waals surface area (Å²) in [6.07, 6.45) is 0.918. The third kappa shape index (κ3) is 5.69. The van der Waals surface area contributed by atoms with Gasteiger partial charge in [-0.25, -0.2) is 0 Å². The van der Waals surface area contributed by atoms with Gasteiger partial charge < -0.3 is 10.6 Å². The Morgan fingerprint density at radius 2 is 2.56 bits per heavy atom. The maximum Gasteiger partial charge on any atom is 0.274 e. The number of rotatable bonds is 8. The monoisotopic (exact) mass is 352 g/mol. The van der Waals surface area contributed by atoms with E-state index in [0.29, 0.717) is 12.4 Å². The third-order valence-corrected chi connectivity index (χ3v) is 4.53. The number of hydrogen-bond donors (Lipinski definition) is 2. The van der Waals surface area contributed by atoms with Gasteiger partial charge >= 0.3 is 0 Å². The molecule has 1 heterocycles. The van der Waals surface area contributed by atoms with Crippen molar-refractivity contribution in [1.82, 2.24) is 15.0 Å². The molecular formula is C9H13BrN4O2S2. The minimum Gasteiger partial charge on any atom is -0.370 e. The normalized spacial score (nSPS) is 11.3. The summed E-state index contributed by atoms with van der Waals surface area (Å²) in [5.74, 6) is 2.09. The van der Waals surface area contributed by atoms with Gasteiger partial charge in [0.25, 0.3) is 6.20 Å². The van der Waals surface area contributed by atoms with Crippen LogP contribution in [0.15, 0.2) is 21.9 Å². The van der Waals surface area contributed by atoms with Crippen molar-refractivity contribution in [1.29, 1.82) is 0 Å². The zero-order chi connectivity index (χ0) is 13.4. The highest BCUT2D eigenvalue weighted by Gasteiger charge is 2.03. The number of hydrogen-bond acceptors (Lipinski definition) is 7. The van der Waals surface area contributed by atoms with Crippen molar-refractivity contribution in [2.45, 2.75) is 5.75 Å². The molecule has 0 aliphatic carbocycles. The second kappa shape index (κ2) is 8.33. The fraction of sp³-hybridized carbons (Fsp3) is 0.444. The van der Waals surface area contributed by atoms with E-state index < -0.39 is 4.92 Å². The van der Waals surface area contributed by atoms with Gasteiger partial charge in [-0.3, -0.25) is 10.1 Å². The Balaban J connectivity index is 2.19. The van der Waals surface area contributed by atoms with E-state index in [9.17, 15) is 10.1 Å². The first kappa shape index (κ1) is 15.3. The smallest absolute Gasteiger partial charge is 0.274 e. The summed E-state index contributed by atoms with van der Waals surface area (Å²) < 4.78 is 5.28. The Morgan fingerprint density at radius 1 is 1.78 bits per heavy atom. The van der Waals surface area contributed by atoms with Crippen LogP contribution in [0.5, 0.6) is 0 Å². The molecule has 0 aliphatic heterocycles. The average Bonchev–Trinajstić information content (AvgIpc) is 2.72. The molecule has 1 aromatic rings. The molecule has 0 aromatic carbocycles. The summed E-state index contributed by atoms with van der Waals surface area (Å²) in [4.78, 5) is 9.79. The van der Waals surface area contributed by atoms with Crippen LogP contribution in [-0.2, 0) is 5.75 Å². The van der Waals surface area contributed by atoms with Crippen LogP contribution in [0.1, 0.15) is 5.69 Å². The van der Waals surface area contributed by atoms with E-state index in [1.54, 1.807) is 18.8 Å². The lowest BCUT2D eigenvalue weighted by molar-refractivity contribution is -0.404. The SMILES string of the molecule is CNC(=C[N+](=O)[O-])NCCSCc1nscc1Br. The Labute approximate surface area is 122 Å². The standard InChI is InChI=1S/C9H13BrN4O2S2/c1-11-9(4-14(15)16)12-2-3-17-6-8-7(10)5-18-13-8/h4-5,11-12H,2-3,6H2,1H3. The topological polar surface area (TPSA) is 80.1 Å². The van der Waals surface area contributed by atoms with Gasteiger partial charge in [-0.05, 0) is 27.5 Å². The summed E-state index contributed by atoms with van der Waals surface area (Å²) in [5, 5.41) is 17.9. The first-order valence-corrected chi connectivity index (χ1v) is 7.85. The predicted molar refractivity (Wildman–Crippen MR) is 78.1 cm³/mol. The quantitative estimate of drug-likeness (QED) is 0.423. The van der Waals surface area contributed by atoms with Gasteiger partial charge in [-0.1, -0.05) is 0 Å². The van der Waals surface area contributed by atoms with Crippen LogP contribution in [0, 0.1) is 10.1 Å². The molecule has 6 nitrogen and oxygen atoms in total. The van der Waals surface area contributed by atoms with E-state index in [1.165, 1.54) is 11.5 Å². The van der Waals surface area contributed by atoms with Crippen molar-refractivity contribution < 1.29 is 4.92 Å². The van der Waals surface area contributed by atoms with Crippen LogP contribution in [0.3, 0.4) is 0 Å². The molecule has 0 radical (unpaired) electrons. The summed E-state index contributed by atoms with van der Waals surface area (Å²) >= 11 is 6.57. The second-order valence-electron chi connectivity index (χ2n) is 3.17. The van der Waals surface area contributed by atoms with E-state index in [1.807, 2.05) is 5.38 Å². The zero-order valence-electron chi connectivity index (χ0n) is 9.68. The van der Waals surface area contributed by atoms with Crippen LogP contribution < -0.4 is 10.6 Å². The Bertz CT molecular complexity index is 424. The van der Waals surface area contributed by atoms with Gasteiger partial charge in [0, 0.05) is 30.5 Å². The van der Waals surface area contributed by atoms with E-state index >= 15 is 0 Å². The number of halogens is 1. The van der Waals surface area contributed by atoms with Gasteiger partial charge in [0.2, 0.25) is 0 Å². The molecule has 2 N–H and O–H groups in total. The Morgan fingerprint density at radius 3 is 3.11 bits per heavy atom. The molecule has 1 aromatic heterocycles. The molecular weight excluding hydrogens is 340 g/mol. The molecule has 100 valence electrons. The summed E-state index contributed by atoms with van der Waals surface area (Å²) in [7, 11) is 1.64. The van der Waals surface area contributed by atoms with Crippen LogP contribution in [0.25, 0.3) is 0 Å². The van der Waals surface area contributed by atoms with Gasteiger partial charge in [0.15, 0.2) is 5.82 Å². The van der Waals surface area contributed by atoms with Crippen molar-refractivity contribution in [3.63, 3.8) is 0 Å². The highest BCUT2D eigenvalue weighted by molar-refractivity contribution is 9.10. The Hall–Kier alpha value is -0.800. The van der Waals surface area contributed by atoms with E-state index in [0.717, 1.165) is 27.9 Å². The van der Waals surface area contributed by atoms with Crippen molar-refractivity contribution in [2.24, 2.45) is 0 Å². The van der Waals surface area contributed by atoms with Crippen LogP contribution in [0.4, 0.5) is 0 Å². The van der Waals surface area contributed by atoms with Gasteiger partial charge in [0.1, 0.15) is 0 Å². The second-order valence-corrected chi connectivity index (χ2v) is 5.76. The molecule has 0 atom stereocenters. The van der Waals surface area contributed by atoms with E-state index in [-0.39, 0.29) is 0 Å². The number of thioether (sulfide) groups is 1. The number of aromatic nitrogens is 1. The van der Waals surface area contributed by atoms with Crippen molar-refractivity contribution >= 4 is 39.2 Å². The molecule has 0 aliphatic rings. The third-order valence-electron chi connectivity index (χ3n) is 1.90. The minimum atomic E-state index is -0.488. The molecule has 0 amide bonds. The maximum atomic E-state index is 10.3. The summed E-state index contributed by atoms with van der Waals surface area (Å²) in [5.41, 5.74) is 1.04. The summed E-state index contributed by atoms with van der Waals surface area (Å²) in [6.45, 7) is 0.660. The lowest BCUT2D eigenvalue weighted by Crippen LogP contribution is -2.26. The highest BCUT2D eigenvalue weighted by Crippen LogP contribution is 2.21. The van der Waals surface area contributed by atoms with E-state index in [4.69, 9.17) is 0 Å². The predicted octanol–water partition coefficient (Wildman–Crippen LogP) is 2.02. The molecule has 1 rings (SSSR count). The van der Waals surface area contributed by atoms with Crippen LogP contribution in [-0.4, -0.2) is 28.6 Å². The fourth-order valence-electron chi connectivity index (χ4n) is 1.07. The molecule has 9 heteroatoms. The lowest BCUT2D eigenvalue weighted by atomic mass is 10.5. The van der Waals surface area contributed by atoms with Gasteiger partial charge in [0.05, 0.1) is 15.1 Å². The van der Waals surface area contributed by atoms with Crippen LogP contribution in [0.2, 0.25) is 0 Å². The maximum absolute atomic E-state index is 10.3. The minimum absolute atomic E-state index is 0.412. The van der Waals surface area contributed by atoms with Crippen LogP contribution >= 0.6 is 39.2 Å². The Kier molecular flexibility index (Phi) is 7.06. The van der Waals surface area contributed by atoms with Gasteiger partial charge in [-0.2, -0.15) is 16.1 Å². The van der Waals surface area contributed by atoms with Crippen molar-refractivity contribution in [3.05, 3.63) is 37.7 Å². The van der Waals surface area contributed by atoms with Gasteiger partial charge in [-0.15, -0.1) is 0 Å². The lowest BCUT2D eigenvalue weighted by Gasteiger charge is -2.07. The van der Waals surface area contributed by atoms with Crippen molar-refractivity contribution in [3.8, 4) is 0 Å². The number of nitrogens with one attached hydrogen (secondary N) is 2. The molecule has 0 saturated carbocycles. The molecule has 0 saturated heterocycles. The zero-order valence-corrected chi connectivity index (χ0v) is 12.9. The number of nitro groups is 1. The first-order valence-electron chi connectivity index (χ1n) is 5.07. The molecule has 0 spiro atoms. The largest absolute Gasteiger partial charge is 0.370 e.